The molecule has 11 heavy (non-hydrogen) atoms. The quantitative estimate of drug-likeness (QED) is 0.653. The normalized spacial score (nSPS) is 31.1. The van der Waals surface area contributed by atoms with Crippen molar-refractivity contribution in [3.8, 4) is 0 Å². The second-order valence-corrected chi connectivity index (χ2v) is 4.34. The zero-order valence-electron chi connectivity index (χ0n) is 7.08. The molecule has 2 nitrogen and oxygen atoms in total. The number of hydrogen-bond acceptors (Lipinski definition) is 3. The summed E-state index contributed by atoms with van der Waals surface area (Å²) >= 11 is 1.97. The maximum Gasteiger partial charge on any atom is 0.0553 e. The Bertz CT molecular complexity index is 110. The summed E-state index contributed by atoms with van der Waals surface area (Å²) in [6.07, 6.45) is 3.83. The monoisotopic (exact) mass is 175 g/mol. The first-order valence-electron chi connectivity index (χ1n) is 4.20. The van der Waals surface area contributed by atoms with Crippen molar-refractivity contribution in [2.75, 3.05) is 19.5 Å². The van der Waals surface area contributed by atoms with Crippen molar-refractivity contribution < 1.29 is 4.74 Å². The third kappa shape index (κ3) is 3.01. The summed E-state index contributed by atoms with van der Waals surface area (Å²) in [4.78, 5) is 0. The standard InChI is InChI=1S/C8H17NOS/c1-10-5-6-11-8-4-2-3-7(8)9/h7-8H,2-6,9H2,1H3. The Hall–Kier alpha value is 0.270. The van der Waals surface area contributed by atoms with E-state index >= 15 is 0 Å². The molecule has 0 aromatic heterocycles. The van der Waals surface area contributed by atoms with Gasteiger partial charge in [-0.25, -0.2) is 0 Å². The summed E-state index contributed by atoms with van der Waals surface area (Å²) in [5, 5.41) is 0.699. The van der Waals surface area contributed by atoms with Crippen LogP contribution in [0.5, 0.6) is 0 Å². The van der Waals surface area contributed by atoms with Crippen molar-refractivity contribution in [1.82, 2.24) is 0 Å². The molecule has 1 saturated carbocycles. The highest BCUT2D eigenvalue weighted by Gasteiger charge is 2.23. The molecule has 0 heterocycles. The highest BCUT2D eigenvalue weighted by atomic mass is 32.2. The minimum atomic E-state index is 0.442. The molecule has 2 atom stereocenters. The molecule has 0 spiro atoms. The fraction of sp³-hybridized carbons (Fsp3) is 1.00. The van der Waals surface area contributed by atoms with Gasteiger partial charge in [0.25, 0.3) is 0 Å². The zero-order valence-corrected chi connectivity index (χ0v) is 7.90. The van der Waals surface area contributed by atoms with Crippen LogP contribution in [0.25, 0.3) is 0 Å². The van der Waals surface area contributed by atoms with Gasteiger partial charge in [0.2, 0.25) is 0 Å². The fourth-order valence-corrected chi connectivity index (χ4v) is 2.73. The number of ether oxygens (including phenoxy) is 1. The molecule has 66 valence electrons. The minimum Gasteiger partial charge on any atom is -0.384 e. The largest absolute Gasteiger partial charge is 0.384 e. The molecule has 1 fully saturated rings. The van der Waals surface area contributed by atoms with Gasteiger partial charge in [-0.05, 0) is 12.8 Å². The van der Waals surface area contributed by atoms with E-state index in [4.69, 9.17) is 10.5 Å². The Kier molecular flexibility index (Phi) is 4.26. The minimum absolute atomic E-state index is 0.442. The summed E-state index contributed by atoms with van der Waals surface area (Å²) in [7, 11) is 1.75. The summed E-state index contributed by atoms with van der Waals surface area (Å²) in [6, 6.07) is 0.442. The number of methoxy groups -OCH3 is 1. The van der Waals surface area contributed by atoms with E-state index in [-0.39, 0.29) is 0 Å². The molecule has 0 aromatic rings. The molecule has 2 N–H and O–H groups in total. The summed E-state index contributed by atoms with van der Waals surface area (Å²) in [5.41, 5.74) is 5.90. The molecule has 1 rings (SSSR count). The average molecular weight is 175 g/mol. The topological polar surface area (TPSA) is 35.2 Å². The lowest BCUT2D eigenvalue weighted by atomic mass is 10.3. The number of rotatable bonds is 4. The van der Waals surface area contributed by atoms with Crippen molar-refractivity contribution in [2.45, 2.75) is 30.6 Å². The van der Waals surface area contributed by atoms with Crippen LogP contribution in [0, 0.1) is 0 Å². The summed E-state index contributed by atoms with van der Waals surface area (Å²) in [5.74, 6) is 1.09. The Morgan fingerprint density at radius 3 is 2.91 bits per heavy atom. The highest BCUT2D eigenvalue weighted by Crippen LogP contribution is 2.28. The van der Waals surface area contributed by atoms with Gasteiger partial charge in [0.05, 0.1) is 6.61 Å². The molecule has 3 heteroatoms. The lowest BCUT2D eigenvalue weighted by molar-refractivity contribution is 0.218. The van der Waals surface area contributed by atoms with Crippen LogP contribution in [-0.2, 0) is 4.74 Å². The van der Waals surface area contributed by atoms with Crippen LogP contribution < -0.4 is 5.73 Å². The van der Waals surface area contributed by atoms with Gasteiger partial charge in [0, 0.05) is 24.2 Å². The molecule has 0 saturated heterocycles. The van der Waals surface area contributed by atoms with Crippen LogP contribution in [0.3, 0.4) is 0 Å². The van der Waals surface area contributed by atoms with Gasteiger partial charge < -0.3 is 10.5 Å². The first-order valence-corrected chi connectivity index (χ1v) is 5.25. The fourth-order valence-electron chi connectivity index (χ4n) is 1.44. The van der Waals surface area contributed by atoms with E-state index < -0.39 is 0 Å². The molecule has 1 aliphatic carbocycles. The van der Waals surface area contributed by atoms with E-state index in [2.05, 4.69) is 0 Å². The molecule has 0 bridgehead atoms. The van der Waals surface area contributed by atoms with E-state index in [1.807, 2.05) is 11.8 Å². The molecule has 0 aliphatic heterocycles. The smallest absolute Gasteiger partial charge is 0.0553 e. The number of hydrogen-bond donors (Lipinski definition) is 1. The van der Waals surface area contributed by atoms with E-state index in [0.29, 0.717) is 11.3 Å². The van der Waals surface area contributed by atoms with Crippen LogP contribution in [0.4, 0.5) is 0 Å². The molecular formula is C8H17NOS. The predicted octanol–water partition coefficient (Wildman–Crippen LogP) is 1.25. The Morgan fingerprint density at radius 2 is 2.36 bits per heavy atom. The average Bonchev–Trinajstić information content (AvgIpc) is 2.37. The van der Waals surface area contributed by atoms with Gasteiger partial charge in [-0.3, -0.25) is 0 Å². The maximum atomic E-state index is 5.90. The molecule has 0 amide bonds. The van der Waals surface area contributed by atoms with Gasteiger partial charge in [-0.2, -0.15) is 11.8 Å². The third-order valence-electron chi connectivity index (χ3n) is 2.12. The van der Waals surface area contributed by atoms with E-state index in [1.165, 1.54) is 19.3 Å². The molecule has 0 radical (unpaired) electrons. The Morgan fingerprint density at radius 1 is 1.55 bits per heavy atom. The van der Waals surface area contributed by atoms with Crippen molar-refractivity contribution in [1.29, 1.82) is 0 Å². The number of nitrogens with two attached hydrogens (primary N) is 1. The van der Waals surface area contributed by atoms with Gasteiger partial charge in [-0.15, -0.1) is 0 Å². The molecular weight excluding hydrogens is 158 g/mol. The van der Waals surface area contributed by atoms with Crippen molar-refractivity contribution >= 4 is 11.8 Å². The SMILES string of the molecule is COCCSC1CCCC1N. The molecule has 2 unspecified atom stereocenters. The van der Waals surface area contributed by atoms with Crippen LogP contribution in [0.1, 0.15) is 19.3 Å². The van der Waals surface area contributed by atoms with Crippen LogP contribution in [-0.4, -0.2) is 30.8 Å². The molecule has 1 aliphatic rings. The third-order valence-corrected chi connectivity index (χ3v) is 3.54. The first-order chi connectivity index (χ1) is 5.34. The number of thioether (sulfide) groups is 1. The lowest BCUT2D eigenvalue weighted by Crippen LogP contribution is -2.26. The second-order valence-electron chi connectivity index (χ2n) is 3.00. The lowest BCUT2D eigenvalue weighted by Gasteiger charge is -2.13. The first kappa shape index (κ1) is 9.36. The van der Waals surface area contributed by atoms with Crippen LogP contribution >= 0.6 is 11.8 Å². The van der Waals surface area contributed by atoms with Crippen LogP contribution in [0.2, 0.25) is 0 Å². The Balaban J connectivity index is 2.05. The zero-order chi connectivity index (χ0) is 8.10. The van der Waals surface area contributed by atoms with Gasteiger partial charge in [0.1, 0.15) is 0 Å². The van der Waals surface area contributed by atoms with Crippen molar-refractivity contribution in [2.24, 2.45) is 5.73 Å². The predicted molar refractivity (Wildman–Crippen MR) is 49.9 cm³/mol. The Labute approximate surface area is 72.9 Å². The maximum absolute atomic E-state index is 5.90. The summed E-state index contributed by atoms with van der Waals surface area (Å²) < 4.78 is 4.98. The van der Waals surface area contributed by atoms with Gasteiger partial charge >= 0.3 is 0 Å². The van der Waals surface area contributed by atoms with E-state index in [1.54, 1.807) is 7.11 Å². The van der Waals surface area contributed by atoms with Crippen molar-refractivity contribution in [3.05, 3.63) is 0 Å². The second kappa shape index (κ2) is 5.01. The van der Waals surface area contributed by atoms with Crippen LogP contribution in [0.15, 0.2) is 0 Å². The van der Waals surface area contributed by atoms with Crippen molar-refractivity contribution in [3.63, 3.8) is 0 Å². The van der Waals surface area contributed by atoms with Gasteiger partial charge in [-0.1, -0.05) is 6.42 Å². The van der Waals surface area contributed by atoms with Gasteiger partial charge in [0.15, 0.2) is 0 Å². The van der Waals surface area contributed by atoms with E-state index in [9.17, 15) is 0 Å². The molecule has 0 aromatic carbocycles. The highest BCUT2D eigenvalue weighted by molar-refractivity contribution is 8.00. The summed E-state index contributed by atoms with van der Waals surface area (Å²) in [6.45, 7) is 0.855. The van der Waals surface area contributed by atoms with E-state index in [0.717, 1.165) is 12.4 Å².